The highest BCUT2D eigenvalue weighted by Gasteiger charge is 2.15. The summed E-state index contributed by atoms with van der Waals surface area (Å²) in [7, 11) is 1.22. The van der Waals surface area contributed by atoms with Gasteiger partial charge in [-0.25, -0.2) is 9.18 Å². The Morgan fingerprint density at radius 3 is 2.57 bits per heavy atom. The first-order chi connectivity index (χ1) is 10.0. The molecule has 2 N–H and O–H groups in total. The molecule has 21 heavy (non-hydrogen) atoms. The van der Waals surface area contributed by atoms with E-state index in [1.54, 1.807) is 24.3 Å². The Hall–Kier alpha value is -2.27. The highest BCUT2D eigenvalue weighted by molar-refractivity contribution is 6.30. The van der Waals surface area contributed by atoms with Gasteiger partial charge in [0.2, 0.25) is 0 Å². The van der Waals surface area contributed by atoms with Crippen LogP contribution in [-0.4, -0.2) is 13.1 Å². The quantitative estimate of drug-likeness (QED) is 0.694. The lowest BCUT2D eigenvalue weighted by atomic mass is 10.1. The Kier molecular flexibility index (Phi) is 4.65. The molecule has 0 fully saturated rings. The van der Waals surface area contributed by atoms with Crippen molar-refractivity contribution >= 4 is 23.3 Å². The summed E-state index contributed by atoms with van der Waals surface area (Å²) in [6, 6.07) is 9.20. The molecule has 0 spiro atoms. The molecule has 0 aliphatic heterocycles. The van der Waals surface area contributed by atoms with Crippen LogP contribution in [-0.2, 0) is 11.3 Å². The maximum atomic E-state index is 13.8. The number of hydrogen-bond acceptors (Lipinski definition) is 4. The van der Waals surface area contributed by atoms with Crippen molar-refractivity contribution in [3.63, 3.8) is 0 Å². The van der Waals surface area contributed by atoms with Gasteiger partial charge in [0, 0.05) is 16.8 Å². The fraction of sp³-hybridized carbons (Fsp3) is 0.133. The Balaban J connectivity index is 2.19. The molecular weight excluding hydrogens is 297 g/mol. The van der Waals surface area contributed by atoms with Gasteiger partial charge in [0.05, 0.1) is 12.7 Å². The first-order valence-electron chi connectivity index (χ1n) is 6.06. The number of rotatable bonds is 4. The summed E-state index contributed by atoms with van der Waals surface area (Å²) in [5.74, 6) is -1.36. The molecule has 0 amide bonds. The zero-order chi connectivity index (χ0) is 15.4. The van der Waals surface area contributed by atoms with Gasteiger partial charge in [-0.3, -0.25) is 0 Å². The zero-order valence-electron chi connectivity index (χ0n) is 11.2. The number of ether oxygens (including phenoxy) is 2. The van der Waals surface area contributed by atoms with E-state index in [1.165, 1.54) is 13.2 Å². The van der Waals surface area contributed by atoms with Crippen molar-refractivity contribution in [2.24, 2.45) is 0 Å². The highest BCUT2D eigenvalue weighted by Crippen LogP contribution is 2.25. The lowest BCUT2D eigenvalue weighted by Gasteiger charge is -2.10. The maximum absolute atomic E-state index is 13.8. The molecule has 110 valence electrons. The van der Waals surface area contributed by atoms with Crippen LogP contribution < -0.4 is 10.5 Å². The number of hydrogen-bond donors (Lipinski definition) is 1. The number of nitrogens with two attached hydrogens (primary N) is 1. The second-order valence-corrected chi connectivity index (χ2v) is 4.71. The molecule has 2 aromatic carbocycles. The molecule has 0 unspecified atom stereocenters. The molecule has 0 aliphatic rings. The lowest BCUT2D eigenvalue weighted by molar-refractivity contribution is 0.0601. The van der Waals surface area contributed by atoms with Crippen molar-refractivity contribution in [3.8, 4) is 5.75 Å². The topological polar surface area (TPSA) is 61.5 Å². The molecule has 0 bridgehead atoms. The zero-order valence-corrected chi connectivity index (χ0v) is 12.0. The number of anilines is 1. The second kappa shape index (κ2) is 6.45. The van der Waals surface area contributed by atoms with Crippen molar-refractivity contribution in [2.45, 2.75) is 6.61 Å². The van der Waals surface area contributed by atoms with Crippen LogP contribution in [0.25, 0.3) is 0 Å². The lowest BCUT2D eigenvalue weighted by Crippen LogP contribution is -2.07. The van der Waals surface area contributed by atoms with E-state index in [0.717, 1.165) is 11.6 Å². The van der Waals surface area contributed by atoms with E-state index in [4.69, 9.17) is 22.1 Å². The SMILES string of the molecule is COC(=O)c1cc(OCc2ccc(Cl)cc2)c(F)cc1N. The Labute approximate surface area is 126 Å². The van der Waals surface area contributed by atoms with Gasteiger partial charge in [-0.05, 0) is 23.8 Å². The van der Waals surface area contributed by atoms with E-state index in [0.29, 0.717) is 5.02 Å². The van der Waals surface area contributed by atoms with Crippen LogP contribution in [0.4, 0.5) is 10.1 Å². The van der Waals surface area contributed by atoms with Gasteiger partial charge < -0.3 is 15.2 Å². The van der Waals surface area contributed by atoms with Gasteiger partial charge in [-0.2, -0.15) is 0 Å². The van der Waals surface area contributed by atoms with E-state index in [1.807, 2.05) is 0 Å². The number of benzene rings is 2. The summed E-state index contributed by atoms with van der Waals surface area (Å²) in [6.07, 6.45) is 0. The molecule has 6 heteroatoms. The fourth-order valence-electron chi connectivity index (χ4n) is 1.71. The highest BCUT2D eigenvalue weighted by atomic mass is 35.5. The minimum Gasteiger partial charge on any atom is -0.486 e. The van der Waals surface area contributed by atoms with E-state index in [2.05, 4.69) is 4.74 Å². The van der Waals surface area contributed by atoms with Crippen LogP contribution in [0.3, 0.4) is 0 Å². The van der Waals surface area contributed by atoms with Crippen LogP contribution in [0.2, 0.25) is 5.02 Å². The van der Waals surface area contributed by atoms with E-state index in [-0.39, 0.29) is 23.6 Å². The molecule has 0 radical (unpaired) electrons. The van der Waals surface area contributed by atoms with Crippen molar-refractivity contribution in [2.75, 3.05) is 12.8 Å². The predicted octanol–water partition coefficient (Wildman–Crippen LogP) is 3.43. The van der Waals surface area contributed by atoms with Crippen molar-refractivity contribution in [1.29, 1.82) is 0 Å². The van der Waals surface area contributed by atoms with Crippen LogP contribution >= 0.6 is 11.6 Å². The average Bonchev–Trinajstić information content (AvgIpc) is 2.47. The van der Waals surface area contributed by atoms with Crippen molar-refractivity contribution < 1.29 is 18.7 Å². The largest absolute Gasteiger partial charge is 0.486 e. The Morgan fingerprint density at radius 1 is 1.29 bits per heavy atom. The normalized spacial score (nSPS) is 10.2. The van der Waals surface area contributed by atoms with Gasteiger partial charge in [-0.1, -0.05) is 23.7 Å². The third-order valence-electron chi connectivity index (χ3n) is 2.82. The molecule has 0 saturated carbocycles. The summed E-state index contributed by atoms with van der Waals surface area (Å²) in [4.78, 5) is 11.5. The number of esters is 1. The summed E-state index contributed by atoms with van der Waals surface area (Å²) in [5, 5.41) is 0.602. The molecule has 0 aromatic heterocycles. The van der Waals surface area contributed by atoms with Gasteiger partial charge in [0.15, 0.2) is 11.6 Å². The molecule has 2 aromatic rings. The number of nitrogen functional groups attached to an aromatic ring is 1. The van der Waals surface area contributed by atoms with Crippen LogP contribution in [0.1, 0.15) is 15.9 Å². The summed E-state index contributed by atoms with van der Waals surface area (Å²) in [5.41, 5.74) is 6.45. The van der Waals surface area contributed by atoms with E-state index < -0.39 is 11.8 Å². The molecule has 0 atom stereocenters. The van der Waals surface area contributed by atoms with E-state index >= 15 is 0 Å². The number of carbonyl (C=O) groups is 1. The third kappa shape index (κ3) is 3.64. The van der Waals surface area contributed by atoms with Gasteiger partial charge in [-0.15, -0.1) is 0 Å². The molecule has 0 aliphatic carbocycles. The second-order valence-electron chi connectivity index (χ2n) is 4.28. The third-order valence-corrected chi connectivity index (χ3v) is 3.07. The molecule has 0 heterocycles. The van der Waals surface area contributed by atoms with Gasteiger partial charge >= 0.3 is 5.97 Å². The molecule has 0 saturated heterocycles. The van der Waals surface area contributed by atoms with Gasteiger partial charge in [0.1, 0.15) is 6.61 Å². The molecule has 4 nitrogen and oxygen atoms in total. The number of methoxy groups -OCH3 is 1. The average molecular weight is 310 g/mol. The van der Waals surface area contributed by atoms with Crippen molar-refractivity contribution in [1.82, 2.24) is 0 Å². The van der Waals surface area contributed by atoms with Crippen LogP contribution in [0.5, 0.6) is 5.75 Å². The predicted molar refractivity (Wildman–Crippen MR) is 77.9 cm³/mol. The monoisotopic (exact) mass is 309 g/mol. The summed E-state index contributed by atoms with van der Waals surface area (Å²) in [6.45, 7) is 0.138. The van der Waals surface area contributed by atoms with Crippen LogP contribution in [0, 0.1) is 5.82 Å². The fourth-order valence-corrected chi connectivity index (χ4v) is 1.83. The standard InChI is InChI=1S/C15H13ClFNO3/c1-20-15(19)11-6-14(12(17)7-13(11)18)21-8-9-2-4-10(16)5-3-9/h2-7H,8,18H2,1H3. The summed E-state index contributed by atoms with van der Waals surface area (Å²) < 4.78 is 23.7. The number of carbonyl (C=O) groups excluding carboxylic acids is 1. The Bertz CT molecular complexity index is 659. The first kappa shape index (κ1) is 15.1. The van der Waals surface area contributed by atoms with Crippen LogP contribution in [0.15, 0.2) is 36.4 Å². The summed E-state index contributed by atoms with van der Waals surface area (Å²) >= 11 is 5.78. The molecule has 2 rings (SSSR count). The van der Waals surface area contributed by atoms with E-state index in [9.17, 15) is 9.18 Å². The minimum atomic E-state index is -0.649. The van der Waals surface area contributed by atoms with Gasteiger partial charge in [0.25, 0.3) is 0 Å². The first-order valence-corrected chi connectivity index (χ1v) is 6.43. The molecular formula is C15H13ClFNO3. The minimum absolute atomic E-state index is 0.00167. The van der Waals surface area contributed by atoms with Crippen molar-refractivity contribution in [3.05, 3.63) is 58.4 Å². The smallest absolute Gasteiger partial charge is 0.340 e. The maximum Gasteiger partial charge on any atom is 0.340 e. The Morgan fingerprint density at radius 2 is 1.95 bits per heavy atom. The number of halogens is 2.